The second-order valence-electron chi connectivity index (χ2n) is 8.55. The van der Waals surface area contributed by atoms with Crippen molar-refractivity contribution >= 4 is 29.1 Å². The Kier molecular flexibility index (Phi) is 6.37. The molecule has 1 aliphatic heterocycles. The van der Waals surface area contributed by atoms with Gasteiger partial charge in [0.05, 0.1) is 22.9 Å². The molecular weight excluding hydrogens is 481 g/mol. The molecule has 1 heterocycles. The number of halogens is 2. The zero-order chi connectivity index (χ0) is 25.4. The van der Waals surface area contributed by atoms with E-state index in [4.69, 9.17) is 21.1 Å². The van der Waals surface area contributed by atoms with Crippen LogP contribution >= 0.6 is 11.6 Å². The minimum Gasteiger partial charge on any atom is -0.487 e. The highest BCUT2D eigenvalue weighted by molar-refractivity contribution is 6.32. The lowest BCUT2D eigenvalue weighted by Crippen LogP contribution is -2.29. The predicted octanol–water partition coefficient (Wildman–Crippen LogP) is 6.19. The van der Waals surface area contributed by atoms with Crippen molar-refractivity contribution in [2.45, 2.75) is 26.4 Å². The number of fused-ring (bicyclic) bond motifs is 2. The normalized spacial score (nSPS) is 16.4. The van der Waals surface area contributed by atoms with E-state index in [2.05, 4.69) is 5.32 Å². The van der Waals surface area contributed by atoms with Gasteiger partial charge < -0.3 is 14.8 Å². The number of benzene rings is 3. The van der Waals surface area contributed by atoms with Gasteiger partial charge in [0.1, 0.15) is 18.2 Å². The topological polar surface area (TPSA) is 64.6 Å². The third-order valence-electron chi connectivity index (χ3n) is 6.37. The molecule has 2 aliphatic rings. The summed E-state index contributed by atoms with van der Waals surface area (Å²) in [5.41, 5.74) is 4.54. The molecule has 1 atom stereocenters. The monoisotopic (exact) mass is 503 g/mol. The van der Waals surface area contributed by atoms with Crippen LogP contribution in [-0.4, -0.2) is 18.4 Å². The third-order valence-corrected chi connectivity index (χ3v) is 6.67. The van der Waals surface area contributed by atoms with Crippen molar-refractivity contribution in [3.63, 3.8) is 0 Å². The Morgan fingerprint density at radius 2 is 1.78 bits per heavy atom. The first-order valence-electron chi connectivity index (χ1n) is 11.6. The summed E-state index contributed by atoms with van der Waals surface area (Å²) in [4.78, 5) is 26.6. The highest BCUT2D eigenvalue weighted by Gasteiger charge is 2.43. The van der Waals surface area contributed by atoms with Gasteiger partial charge >= 0.3 is 5.97 Å². The first-order valence-corrected chi connectivity index (χ1v) is 12.0. The Hall–Kier alpha value is -3.90. The summed E-state index contributed by atoms with van der Waals surface area (Å²) < 4.78 is 25.1. The fourth-order valence-corrected chi connectivity index (χ4v) is 4.97. The van der Waals surface area contributed by atoms with E-state index in [1.165, 1.54) is 6.07 Å². The number of hydrogen-bond donors (Lipinski definition) is 1. The van der Waals surface area contributed by atoms with Gasteiger partial charge in [-0.05, 0) is 37.6 Å². The van der Waals surface area contributed by atoms with Crippen LogP contribution in [0.3, 0.4) is 0 Å². The van der Waals surface area contributed by atoms with Gasteiger partial charge in [-0.3, -0.25) is 4.79 Å². The largest absolute Gasteiger partial charge is 0.487 e. The molecule has 0 saturated heterocycles. The molecule has 3 aromatic carbocycles. The quantitative estimate of drug-likeness (QED) is 0.406. The lowest BCUT2D eigenvalue weighted by molar-refractivity contribution is -0.138. The van der Waals surface area contributed by atoms with E-state index >= 15 is 0 Å². The van der Waals surface area contributed by atoms with Gasteiger partial charge in [-0.2, -0.15) is 0 Å². The second kappa shape index (κ2) is 9.63. The number of esters is 1. The van der Waals surface area contributed by atoms with Crippen molar-refractivity contribution in [2.24, 2.45) is 0 Å². The number of ether oxygens (including phenoxy) is 2. The molecule has 0 amide bonds. The molecule has 0 unspecified atom stereocenters. The zero-order valence-corrected chi connectivity index (χ0v) is 20.5. The molecule has 5 nitrogen and oxygen atoms in total. The Morgan fingerprint density at radius 3 is 2.50 bits per heavy atom. The summed E-state index contributed by atoms with van der Waals surface area (Å²) in [5, 5.41) is 3.55. The van der Waals surface area contributed by atoms with Crippen molar-refractivity contribution in [1.29, 1.82) is 0 Å². The van der Waals surface area contributed by atoms with E-state index < -0.39 is 11.9 Å². The fourth-order valence-electron chi connectivity index (χ4n) is 4.73. The molecule has 7 heteroatoms. The van der Waals surface area contributed by atoms with Crippen LogP contribution in [0.5, 0.6) is 5.75 Å². The van der Waals surface area contributed by atoms with Crippen molar-refractivity contribution < 1.29 is 23.5 Å². The number of allylic oxidation sites excluding steroid dienone is 2. The van der Waals surface area contributed by atoms with E-state index in [0.717, 1.165) is 5.56 Å². The number of ketones is 1. The lowest BCUT2D eigenvalue weighted by atomic mass is 9.80. The Morgan fingerprint density at radius 1 is 1.06 bits per heavy atom. The zero-order valence-electron chi connectivity index (χ0n) is 19.7. The lowest BCUT2D eigenvalue weighted by Gasteiger charge is -2.29. The third kappa shape index (κ3) is 4.07. The number of rotatable bonds is 6. The van der Waals surface area contributed by atoms with Gasteiger partial charge in [-0.15, -0.1) is 0 Å². The van der Waals surface area contributed by atoms with Crippen LogP contribution in [-0.2, 0) is 16.1 Å². The predicted molar refractivity (Wildman–Crippen MR) is 135 cm³/mol. The standard InChI is InChI=1S/C29H23ClFNO4/c1-3-35-29(34)24-16(2)32-27-19-9-5-6-10-20(19)28(33)26(27)25(24)17-12-13-23(21(30)14-17)36-15-18-8-4-7-11-22(18)31/h4-14,25,32H,3,15H2,1-2H3/t25-/m0/s1. The molecule has 0 fully saturated rings. The van der Waals surface area contributed by atoms with Crippen LogP contribution in [0.2, 0.25) is 5.02 Å². The van der Waals surface area contributed by atoms with Crippen LogP contribution < -0.4 is 10.1 Å². The van der Waals surface area contributed by atoms with Gasteiger partial charge in [0.2, 0.25) is 0 Å². The first-order chi connectivity index (χ1) is 17.4. The van der Waals surface area contributed by atoms with E-state index in [1.807, 2.05) is 18.2 Å². The summed E-state index contributed by atoms with van der Waals surface area (Å²) in [5.74, 6) is -1.33. The van der Waals surface area contributed by atoms with Crippen molar-refractivity contribution in [2.75, 3.05) is 6.61 Å². The number of hydrogen-bond acceptors (Lipinski definition) is 5. The molecule has 1 N–H and O–H groups in total. The summed E-state index contributed by atoms with van der Waals surface area (Å²) >= 11 is 6.58. The van der Waals surface area contributed by atoms with Gasteiger partial charge in [0.15, 0.2) is 5.78 Å². The maximum absolute atomic E-state index is 14.0. The van der Waals surface area contributed by atoms with Gasteiger partial charge in [0.25, 0.3) is 0 Å². The molecule has 0 spiro atoms. The first kappa shape index (κ1) is 23.8. The maximum Gasteiger partial charge on any atom is 0.336 e. The number of carbonyl (C=O) groups excluding carboxylic acids is 2. The molecule has 0 radical (unpaired) electrons. The maximum atomic E-state index is 14.0. The highest BCUT2D eigenvalue weighted by Crippen LogP contribution is 2.47. The number of dihydropyridines is 1. The van der Waals surface area contributed by atoms with Gasteiger partial charge in [-0.25, -0.2) is 9.18 Å². The van der Waals surface area contributed by atoms with Crippen LogP contribution in [0.15, 0.2) is 83.6 Å². The summed E-state index contributed by atoms with van der Waals surface area (Å²) in [6.45, 7) is 3.74. The second-order valence-corrected chi connectivity index (χ2v) is 8.96. The highest BCUT2D eigenvalue weighted by atomic mass is 35.5. The summed E-state index contributed by atoms with van der Waals surface area (Å²) in [6.07, 6.45) is 0. The van der Waals surface area contributed by atoms with Crippen molar-refractivity contribution in [3.05, 3.63) is 117 Å². The number of carbonyl (C=O) groups is 2. The SMILES string of the molecule is CCOC(=O)C1=C(C)NC2=C(C(=O)c3ccccc32)[C@H]1c1ccc(OCc2ccccc2F)c(Cl)c1. The van der Waals surface area contributed by atoms with Crippen LogP contribution in [0, 0.1) is 5.82 Å². The average molecular weight is 504 g/mol. The molecule has 0 saturated carbocycles. The van der Waals surface area contributed by atoms with Crippen LogP contribution in [0.25, 0.3) is 5.70 Å². The average Bonchev–Trinajstić information content (AvgIpc) is 3.15. The fraction of sp³-hybridized carbons (Fsp3) is 0.172. The molecule has 1 aliphatic carbocycles. The van der Waals surface area contributed by atoms with E-state index in [9.17, 15) is 14.0 Å². The van der Waals surface area contributed by atoms with E-state index in [0.29, 0.717) is 45.0 Å². The van der Waals surface area contributed by atoms with Gasteiger partial charge in [-0.1, -0.05) is 60.1 Å². The summed E-state index contributed by atoms with van der Waals surface area (Å²) in [7, 11) is 0. The number of Topliss-reactive ketones (excluding diaryl/α,β-unsaturated/α-hetero) is 1. The minimum absolute atomic E-state index is 0.00920. The molecule has 0 bridgehead atoms. The molecule has 5 rings (SSSR count). The molecular formula is C29H23ClFNO4. The molecule has 182 valence electrons. The molecule has 0 aromatic heterocycles. The number of nitrogens with one attached hydrogen (secondary N) is 1. The van der Waals surface area contributed by atoms with Gasteiger partial charge in [0, 0.05) is 33.9 Å². The van der Waals surface area contributed by atoms with E-state index in [-0.39, 0.29) is 29.8 Å². The smallest absolute Gasteiger partial charge is 0.336 e. The Bertz CT molecular complexity index is 1460. The molecule has 3 aromatic rings. The summed E-state index contributed by atoms with van der Waals surface area (Å²) in [6, 6.07) is 18.8. The van der Waals surface area contributed by atoms with Crippen LogP contribution in [0.4, 0.5) is 4.39 Å². The van der Waals surface area contributed by atoms with Crippen molar-refractivity contribution in [1.82, 2.24) is 5.32 Å². The molecule has 36 heavy (non-hydrogen) atoms. The van der Waals surface area contributed by atoms with Crippen LogP contribution in [0.1, 0.15) is 46.8 Å². The Balaban J connectivity index is 1.55. The van der Waals surface area contributed by atoms with Crippen molar-refractivity contribution in [3.8, 4) is 5.75 Å². The minimum atomic E-state index is -0.682. The van der Waals surface area contributed by atoms with E-state index in [1.54, 1.807) is 56.3 Å². The Labute approximate surface area is 213 Å².